The highest BCUT2D eigenvalue weighted by Crippen LogP contribution is 2.17. The number of hydrogen-bond donors (Lipinski definition) is 0. The Balaban J connectivity index is 2.81. The summed E-state index contributed by atoms with van der Waals surface area (Å²) in [7, 11) is 0. The van der Waals surface area contributed by atoms with Gasteiger partial charge in [0, 0.05) is 6.54 Å². The molecule has 0 aliphatic carbocycles. The molecule has 1 heterocycles. The summed E-state index contributed by atoms with van der Waals surface area (Å²) in [6.07, 6.45) is 0.873. The van der Waals surface area contributed by atoms with Crippen molar-refractivity contribution < 1.29 is 4.79 Å². The second kappa shape index (κ2) is 5.52. The third-order valence-electron chi connectivity index (χ3n) is 2.10. The molecule has 0 spiro atoms. The highest BCUT2D eigenvalue weighted by molar-refractivity contribution is 7.12. The molecule has 0 aliphatic rings. The molecule has 0 aromatic carbocycles. The van der Waals surface area contributed by atoms with Gasteiger partial charge in [-0.05, 0) is 30.4 Å². The topological polar surface area (TPSA) is 44.1 Å². The van der Waals surface area contributed by atoms with Crippen LogP contribution in [0.3, 0.4) is 0 Å². The van der Waals surface area contributed by atoms with Crippen LogP contribution >= 0.6 is 11.3 Å². The van der Waals surface area contributed by atoms with Crippen LogP contribution in [0.25, 0.3) is 0 Å². The first-order valence-corrected chi connectivity index (χ1v) is 5.79. The number of rotatable bonds is 4. The Kier molecular flexibility index (Phi) is 4.32. The smallest absolute Gasteiger partial charge is 0.265 e. The van der Waals surface area contributed by atoms with E-state index in [-0.39, 0.29) is 12.5 Å². The molecule has 0 saturated carbocycles. The second-order valence-electron chi connectivity index (χ2n) is 3.32. The third kappa shape index (κ3) is 2.80. The van der Waals surface area contributed by atoms with Crippen molar-refractivity contribution in [2.24, 2.45) is 0 Å². The Labute approximate surface area is 93.9 Å². The molecule has 1 aromatic heterocycles. The van der Waals surface area contributed by atoms with E-state index in [2.05, 4.69) is 0 Å². The second-order valence-corrected chi connectivity index (χ2v) is 4.23. The van der Waals surface area contributed by atoms with Gasteiger partial charge in [-0.3, -0.25) is 4.79 Å². The van der Waals surface area contributed by atoms with E-state index in [0.29, 0.717) is 6.54 Å². The van der Waals surface area contributed by atoms with Gasteiger partial charge in [0.1, 0.15) is 6.54 Å². The molecule has 1 aromatic rings. The molecule has 15 heavy (non-hydrogen) atoms. The molecule has 80 valence electrons. The van der Waals surface area contributed by atoms with E-state index < -0.39 is 0 Å². The zero-order chi connectivity index (χ0) is 11.3. The zero-order valence-corrected chi connectivity index (χ0v) is 9.80. The van der Waals surface area contributed by atoms with Crippen molar-refractivity contribution in [2.45, 2.75) is 20.3 Å². The number of thiophene rings is 1. The van der Waals surface area contributed by atoms with Crippen LogP contribution in [0.5, 0.6) is 0 Å². The first kappa shape index (κ1) is 11.7. The molecule has 0 radical (unpaired) electrons. The summed E-state index contributed by atoms with van der Waals surface area (Å²) >= 11 is 1.44. The maximum Gasteiger partial charge on any atom is 0.265 e. The molecule has 0 aliphatic heterocycles. The van der Waals surface area contributed by atoms with Gasteiger partial charge in [-0.1, -0.05) is 6.92 Å². The van der Waals surface area contributed by atoms with Crippen LogP contribution in [0.15, 0.2) is 11.4 Å². The standard InChI is InChI=1S/C11H14N2OS/c1-3-6-13(7-5-12)11(14)10-9(2)4-8-15-10/h4,8H,3,6-7H2,1-2H3. The predicted molar refractivity (Wildman–Crippen MR) is 60.9 cm³/mol. The van der Waals surface area contributed by atoms with Gasteiger partial charge in [-0.2, -0.15) is 5.26 Å². The van der Waals surface area contributed by atoms with E-state index in [0.717, 1.165) is 16.9 Å². The van der Waals surface area contributed by atoms with Crippen LogP contribution < -0.4 is 0 Å². The maximum atomic E-state index is 12.0. The molecule has 3 nitrogen and oxygen atoms in total. The van der Waals surface area contributed by atoms with Gasteiger partial charge in [-0.25, -0.2) is 0 Å². The Morgan fingerprint density at radius 3 is 2.87 bits per heavy atom. The van der Waals surface area contributed by atoms with E-state index in [1.807, 2.05) is 31.4 Å². The summed E-state index contributed by atoms with van der Waals surface area (Å²) < 4.78 is 0. The highest BCUT2D eigenvalue weighted by atomic mass is 32.1. The molecule has 0 atom stereocenters. The first-order valence-electron chi connectivity index (χ1n) is 4.91. The van der Waals surface area contributed by atoms with Gasteiger partial charge in [0.15, 0.2) is 0 Å². The largest absolute Gasteiger partial charge is 0.325 e. The minimum atomic E-state index is -0.0223. The molecule has 0 N–H and O–H groups in total. The fraction of sp³-hybridized carbons (Fsp3) is 0.455. The maximum absolute atomic E-state index is 12.0. The van der Waals surface area contributed by atoms with Gasteiger partial charge in [0.25, 0.3) is 5.91 Å². The van der Waals surface area contributed by atoms with Crippen LogP contribution in [0.1, 0.15) is 28.6 Å². The average Bonchev–Trinajstić information content (AvgIpc) is 2.63. The van der Waals surface area contributed by atoms with E-state index in [1.54, 1.807) is 4.90 Å². The summed E-state index contributed by atoms with van der Waals surface area (Å²) in [6.45, 7) is 4.73. The SMILES string of the molecule is CCCN(CC#N)C(=O)c1sccc1C. The van der Waals surface area contributed by atoms with E-state index >= 15 is 0 Å². The van der Waals surface area contributed by atoms with Crippen molar-refractivity contribution >= 4 is 17.2 Å². The Morgan fingerprint density at radius 2 is 2.40 bits per heavy atom. The molecule has 4 heteroatoms. The molecular weight excluding hydrogens is 208 g/mol. The lowest BCUT2D eigenvalue weighted by Crippen LogP contribution is -2.31. The number of nitrogens with zero attached hydrogens (tertiary/aromatic N) is 2. The normalized spacial score (nSPS) is 9.67. The van der Waals surface area contributed by atoms with Gasteiger partial charge in [-0.15, -0.1) is 11.3 Å². The van der Waals surface area contributed by atoms with Gasteiger partial charge in [0.2, 0.25) is 0 Å². The lowest BCUT2D eigenvalue weighted by molar-refractivity contribution is 0.0780. The predicted octanol–water partition coefficient (Wildman–Crippen LogP) is 2.43. The quantitative estimate of drug-likeness (QED) is 0.734. The Hall–Kier alpha value is -1.34. The minimum Gasteiger partial charge on any atom is -0.325 e. The Bertz CT molecular complexity index is 378. The van der Waals surface area contributed by atoms with Crippen molar-refractivity contribution in [1.29, 1.82) is 5.26 Å². The van der Waals surface area contributed by atoms with E-state index in [4.69, 9.17) is 5.26 Å². The highest BCUT2D eigenvalue weighted by Gasteiger charge is 2.17. The van der Waals surface area contributed by atoms with E-state index in [9.17, 15) is 4.79 Å². The molecular formula is C11H14N2OS. The monoisotopic (exact) mass is 222 g/mol. The van der Waals surface area contributed by atoms with Crippen molar-refractivity contribution in [3.63, 3.8) is 0 Å². The first-order chi connectivity index (χ1) is 7.20. The number of aryl methyl sites for hydroxylation is 1. The number of nitriles is 1. The minimum absolute atomic E-state index is 0.0223. The summed E-state index contributed by atoms with van der Waals surface area (Å²) in [4.78, 5) is 14.3. The number of carbonyl (C=O) groups excluding carboxylic acids is 1. The fourth-order valence-electron chi connectivity index (χ4n) is 1.34. The molecule has 0 unspecified atom stereocenters. The summed E-state index contributed by atoms with van der Waals surface area (Å²) in [6, 6.07) is 3.95. The lowest BCUT2D eigenvalue weighted by Gasteiger charge is -2.18. The fourth-order valence-corrected chi connectivity index (χ4v) is 2.24. The molecule has 0 bridgehead atoms. The van der Waals surface area contributed by atoms with Crippen molar-refractivity contribution in [1.82, 2.24) is 4.90 Å². The van der Waals surface area contributed by atoms with Crippen molar-refractivity contribution in [2.75, 3.05) is 13.1 Å². The number of carbonyl (C=O) groups is 1. The third-order valence-corrected chi connectivity index (χ3v) is 3.10. The number of amides is 1. The van der Waals surface area contributed by atoms with Crippen LogP contribution in [-0.4, -0.2) is 23.9 Å². The van der Waals surface area contributed by atoms with Crippen LogP contribution in [0.2, 0.25) is 0 Å². The lowest BCUT2D eigenvalue weighted by atomic mass is 10.2. The summed E-state index contributed by atoms with van der Waals surface area (Å²) in [5, 5.41) is 10.5. The molecule has 1 rings (SSSR count). The zero-order valence-electron chi connectivity index (χ0n) is 8.99. The Morgan fingerprint density at radius 1 is 1.67 bits per heavy atom. The van der Waals surface area contributed by atoms with Crippen molar-refractivity contribution in [3.05, 3.63) is 21.9 Å². The molecule has 1 amide bonds. The van der Waals surface area contributed by atoms with Gasteiger partial charge >= 0.3 is 0 Å². The average molecular weight is 222 g/mol. The molecule has 0 fully saturated rings. The number of hydrogen-bond acceptors (Lipinski definition) is 3. The molecule has 0 saturated heterocycles. The van der Waals surface area contributed by atoms with Crippen LogP contribution in [0, 0.1) is 18.3 Å². The van der Waals surface area contributed by atoms with Gasteiger partial charge < -0.3 is 4.90 Å². The summed E-state index contributed by atoms with van der Waals surface area (Å²) in [5.41, 5.74) is 0.990. The van der Waals surface area contributed by atoms with Crippen LogP contribution in [0.4, 0.5) is 0 Å². The van der Waals surface area contributed by atoms with Gasteiger partial charge in [0.05, 0.1) is 10.9 Å². The summed E-state index contributed by atoms with van der Waals surface area (Å²) in [5.74, 6) is -0.0223. The van der Waals surface area contributed by atoms with Crippen molar-refractivity contribution in [3.8, 4) is 6.07 Å². The van der Waals surface area contributed by atoms with Crippen LogP contribution in [-0.2, 0) is 0 Å². The van der Waals surface area contributed by atoms with E-state index in [1.165, 1.54) is 11.3 Å².